The van der Waals surface area contributed by atoms with E-state index >= 15 is 0 Å². The number of hydrogen-bond donors (Lipinski definition) is 4. The molecule has 4 N–H and O–H groups in total. The maximum absolute atomic E-state index is 12.6. The molecular formula is C22H15F3N4O3. The van der Waals surface area contributed by atoms with Gasteiger partial charge in [0.05, 0.1) is 16.8 Å². The third kappa shape index (κ3) is 4.38. The van der Waals surface area contributed by atoms with E-state index in [4.69, 9.17) is 0 Å². The number of alkyl halides is 3. The topological polar surface area (TPSA) is 103 Å². The summed E-state index contributed by atoms with van der Waals surface area (Å²) in [5, 5.41) is 7.21. The lowest BCUT2D eigenvalue weighted by Crippen LogP contribution is -2.34. The Bertz CT molecular complexity index is 1230. The van der Waals surface area contributed by atoms with Crippen molar-refractivity contribution >= 4 is 40.9 Å². The van der Waals surface area contributed by atoms with Crippen molar-refractivity contribution in [1.29, 1.82) is 0 Å². The number of halogens is 3. The number of anilines is 2. The van der Waals surface area contributed by atoms with Crippen molar-refractivity contribution in [3.05, 3.63) is 83.2 Å². The Hall–Kier alpha value is -4.34. The van der Waals surface area contributed by atoms with E-state index in [2.05, 4.69) is 15.6 Å². The van der Waals surface area contributed by atoms with Crippen LogP contribution in [0.25, 0.3) is 11.6 Å². The number of aromatic nitrogens is 1. The standard InChI is InChI=1S/C22H15F3N4O3/c23-22(24,25)13-5-3-12(4-6-13)19(30)29-21(32)27-15-7-8-16-17(10-14-2-1-9-26-14)20(31)28-18(16)11-15/h1-11,26H,(H,28,31)(H2,27,29,30,32)/b17-10-. The number of carbonyl (C=O) groups is 3. The van der Waals surface area contributed by atoms with E-state index in [0.29, 0.717) is 22.5 Å². The van der Waals surface area contributed by atoms with Crippen molar-refractivity contribution in [2.45, 2.75) is 6.18 Å². The molecule has 162 valence electrons. The van der Waals surface area contributed by atoms with Crippen molar-refractivity contribution in [2.24, 2.45) is 0 Å². The number of amides is 4. The fourth-order valence-electron chi connectivity index (χ4n) is 3.15. The molecule has 32 heavy (non-hydrogen) atoms. The SMILES string of the molecule is O=C(NC(=O)c1ccc(C(F)(F)F)cc1)Nc1ccc2c(c1)NC(=O)/C2=C\c1ccc[nH]1. The Morgan fingerprint density at radius 2 is 1.75 bits per heavy atom. The molecule has 0 radical (unpaired) electrons. The van der Waals surface area contributed by atoms with E-state index in [9.17, 15) is 27.6 Å². The van der Waals surface area contributed by atoms with Crippen molar-refractivity contribution in [1.82, 2.24) is 10.3 Å². The van der Waals surface area contributed by atoms with E-state index in [1.807, 2.05) is 11.4 Å². The number of imide groups is 1. The van der Waals surface area contributed by atoms with Crippen LogP contribution in [-0.2, 0) is 11.0 Å². The first-order valence-corrected chi connectivity index (χ1v) is 9.31. The van der Waals surface area contributed by atoms with Crippen LogP contribution in [0.2, 0.25) is 0 Å². The maximum atomic E-state index is 12.6. The Kier molecular flexibility index (Phi) is 5.27. The quantitative estimate of drug-likeness (QED) is 0.451. The summed E-state index contributed by atoms with van der Waals surface area (Å²) in [6.45, 7) is 0. The Labute approximate surface area is 179 Å². The van der Waals surface area contributed by atoms with Gasteiger partial charge < -0.3 is 15.6 Å². The van der Waals surface area contributed by atoms with Crippen LogP contribution in [-0.4, -0.2) is 22.8 Å². The van der Waals surface area contributed by atoms with Crippen molar-refractivity contribution in [2.75, 3.05) is 10.6 Å². The lowest BCUT2D eigenvalue weighted by molar-refractivity contribution is -0.137. The number of carbonyl (C=O) groups excluding carboxylic acids is 3. The minimum atomic E-state index is -4.52. The molecule has 2 aromatic carbocycles. The van der Waals surface area contributed by atoms with Crippen molar-refractivity contribution in [3.63, 3.8) is 0 Å². The lowest BCUT2D eigenvalue weighted by atomic mass is 10.1. The summed E-state index contributed by atoms with van der Waals surface area (Å²) >= 11 is 0. The van der Waals surface area contributed by atoms with Gasteiger partial charge in [0, 0.05) is 28.7 Å². The molecule has 4 rings (SSSR count). The number of benzene rings is 2. The average Bonchev–Trinajstić information content (AvgIpc) is 3.35. The molecule has 3 aromatic rings. The van der Waals surface area contributed by atoms with E-state index in [-0.39, 0.29) is 11.5 Å². The number of aromatic amines is 1. The molecule has 0 atom stereocenters. The molecule has 2 heterocycles. The van der Waals surface area contributed by atoms with Gasteiger partial charge in [-0.15, -0.1) is 0 Å². The highest BCUT2D eigenvalue weighted by Crippen LogP contribution is 2.35. The van der Waals surface area contributed by atoms with Gasteiger partial charge in [-0.05, 0) is 54.6 Å². The molecule has 0 saturated heterocycles. The summed E-state index contributed by atoms with van der Waals surface area (Å²) in [5.74, 6) is -1.16. The molecule has 0 spiro atoms. The molecule has 1 aliphatic heterocycles. The van der Waals surface area contributed by atoms with Crippen LogP contribution >= 0.6 is 0 Å². The van der Waals surface area contributed by atoms with Gasteiger partial charge in [-0.3, -0.25) is 14.9 Å². The summed E-state index contributed by atoms with van der Waals surface area (Å²) in [6.07, 6.45) is -1.09. The maximum Gasteiger partial charge on any atom is 0.416 e. The van der Waals surface area contributed by atoms with E-state index < -0.39 is 23.7 Å². The van der Waals surface area contributed by atoms with Crippen LogP contribution in [0.1, 0.15) is 27.2 Å². The van der Waals surface area contributed by atoms with Crippen molar-refractivity contribution in [3.8, 4) is 0 Å². The zero-order chi connectivity index (χ0) is 22.9. The summed E-state index contributed by atoms with van der Waals surface area (Å²) in [6, 6.07) is 11.0. The van der Waals surface area contributed by atoms with E-state index in [0.717, 1.165) is 30.0 Å². The first kappa shape index (κ1) is 20.9. The van der Waals surface area contributed by atoms with Gasteiger partial charge in [-0.25, -0.2) is 4.79 Å². The molecule has 0 bridgehead atoms. The fourth-order valence-corrected chi connectivity index (χ4v) is 3.15. The Balaban J connectivity index is 1.43. The first-order valence-electron chi connectivity index (χ1n) is 9.31. The molecule has 10 heteroatoms. The van der Waals surface area contributed by atoms with Gasteiger partial charge in [0.1, 0.15) is 0 Å². The monoisotopic (exact) mass is 440 g/mol. The van der Waals surface area contributed by atoms with Gasteiger partial charge in [-0.1, -0.05) is 6.07 Å². The molecule has 0 fully saturated rings. The van der Waals surface area contributed by atoms with Gasteiger partial charge in [0.15, 0.2) is 0 Å². The van der Waals surface area contributed by atoms with Gasteiger partial charge in [0.2, 0.25) is 0 Å². The fraction of sp³-hybridized carbons (Fsp3) is 0.0455. The number of urea groups is 1. The van der Waals surface area contributed by atoms with Crippen LogP contribution in [0.5, 0.6) is 0 Å². The summed E-state index contributed by atoms with van der Waals surface area (Å²) in [7, 11) is 0. The number of H-pyrrole nitrogens is 1. The first-order chi connectivity index (χ1) is 15.2. The smallest absolute Gasteiger partial charge is 0.362 e. The number of hydrogen-bond acceptors (Lipinski definition) is 3. The second kappa shape index (κ2) is 8.06. The zero-order valence-electron chi connectivity index (χ0n) is 16.2. The largest absolute Gasteiger partial charge is 0.416 e. The molecule has 1 aliphatic rings. The van der Waals surface area contributed by atoms with Gasteiger partial charge in [0.25, 0.3) is 11.8 Å². The van der Waals surface area contributed by atoms with Crippen LogP contribution < -0.4 is 16.0 Å². The van der Waals surface area contributed by atoms with Gasteiger partial charge in [-0.2, -0.15) is 13.2 Å². The van der Waals surface area contributed by atoms with E-state index in [1.54, 1.807) is 30.5 Å². The molecule has 4 amide bonds. The average molecular weight is 440 g/mol. The van der Waals surface area contributed by atoms with Crippen molar-refractivity contribution < 1.29 is 27.6 Å². The minimum Gasteiger partial charge on any atom is -0.362 e. The Morgan fingerprint density at radius 3 is 2.41 bits per heavy atom. The molecule has 1 aromatic heterocycles. The lowest BCUT2D eigenvalue weighted by Gasteiger charge is -2.09. The summed E-state index contributed by atoms with van der Waals surface area (Å²) in [5.41, 5.74) is 1.65. The Morgan fingerprint density at radius 1 is 1.00 bits per heavy atom. The normalized spacial score (nSPS) is 14.1. The molecule has 0 unspecified atom stereocenters. The van der Waals surface area contributed by atoms with Crippen LogP contribution in [0.15, 0.2) is 60.8 Å². The van der Waals surface area contributed by atoms with E-state index in [1.165, 1.54) is 6.07 Å². The predicted molar refractivity (Wildman–Crippen MR) is 112 cm³/mol. The molecular weight excluding hydrogens is 425 g/mol. The van der Waals surface area contributed by atoms with Crippen LogP contribution in [0.3, 0.4) is 0 Å². The van der Waals surface area contributed by atoms with Crippen LogP contribution in [0.4, 0.5) is 29.3 Å². The minimum absolute atomic E-state index is 0.103. The predicted octanol–water partition coefficient (Wildman–Crippen LogP) is 4.49. The summed E-state index contributed by atoms with van der Waals surface area (Å²) < 4.78 is 37.8. The number of nitrogens with one attached hydrogen (secondary N) is 4. The summed E-state index contributed by atoms with van der Waals surface area (Å²) in [4.78, 5) is 39.5. The highest BCUT2D eigenvalue weighted by atomic mass is 19.4. The highest BCUT2D eigenvalue weighted by molar-refractivity contribution is 6.35. The third-order valence-electron chi connectivity index (χ3n) is 4.68. The molecule has 7 nitrogen and oxygen atoms in total. The second-order valence-electron chi connectivity index (χ2n) is 6.88. The number of fused-ring (bicyclic) bond motifs is 1. The highest BCUT2D eigenvalue weighted by Gasteiger charge is 2.30. The van der Waals surface area contributed by atoms with Crippen LogP contribution in [0, 0.1) is 0 Å². The van der Waals surface area contributed by atoms with Gasteiger partial charge >= 0.3 is 12.2 Å². The molecule has 0 aliphatic carbocycles. The second-order valence-corrected chi connectivity index (χ2v) is 6.88. The number of rotatable bonds is 3. The molecule has 0 saturated carbocycles. The zero-order valence-corrected chi connectivity index (χ0v) is 16.2. The third-order valence-corrected chi connectivity index (χ3v) is 4.68.